The predicted octanol–water partition coefficient (Wildman–Crippen LogP) is 14.1. The van der Waals surface area contributed by atoms with Crippen LogP contribution in [0.15, 0.2) is 146 Å². The van der Waals surface area contributed by atoms with Crippen LogP contribution in [0.1, 0.15) is 49.9 Å². The molecule has 0 bridgehead atoms. The smallest absolute Gasteiger partial charge is 0.109 e. The Morgan fingerprint density at radius 2 is 1.04 bits per heavy atom. The van der Waals surface area contributed by atoms with Crippen LogP contribution in [-0.4, -0.2) is 4.40 Å². The van der Waals surface area contributed by atoms with Gasteiger partial charge >= 0.3 is 0 Å². The third-order valence-electron chi connectivity index (χ3n) is 12.7. The van der Waals surface area contributed by atoms with E-state index in [1.807, 2.05) is 11.3 Å². The van der Waals surface area contributed by atoms with E-state index in [1.165, 1.54) is 109 Å². The Labute approximate surface area is 312 Å². The molecule has 3 heterocycles. The van der Waals surface area contributed by atoms with Crippen LogP contribution in [0.4, 0.5) is 17.1 Å². The van der Waals surface area contributed by atoms with Crippen LogP contribution < -0.4 is 4.90 Å². The summed E-state index contributed by atoms with van der Waals surface area (Å²) in [5.41, 5.74) is 16.8. The van der Waals surface area contributed by atoms with Gasteiger partial charge in [-0.25, -0.2) is 0 Å². The number of anilines is 3. The van der Waals surface area contributed by atoms with E-state index in [2.05, 4.69) is 183 Å². The van der Waals surface area contributed by atoms with Crippen LogP contribution in [0.2, 0.25) is 0 Å². The van der Waals surface area contributed by atoms with E-state index in [9.17, 15) is 0 Å². The van der Waals surface area contributed by atoms with Gasteiger partial charge in [0.1, 0.15) is 4.83 Å². The average Bonchev–Trinajstić information content (AvgIpc) is 3.93. The van der Waals surface area contributed by atoms with Gasteiger partial charge in [-0.1, -0.05) is 137 Å². The van der Waals surface area contributed by atoms with Crippen molar-refractivity contribution in [3.8, 4) is 22.3 Å². The number of benzene rings is 7. The highest BCUT2D eigenvalue weighted by Gasteiger charge is 2.40. The molecule has 2 aliphatic carbocycles. The van der Waals surface area contributed by atoms with Crippen molar-refractivity contribution in [3.63, 3.8) is 0 Å². The fraction of sp³-hybridized carbons (Fsp3) is 0.120. The zero-order valence-corrected chi connectivity index (χ0v) is 31.0. The maximum atomic E-state index is 2.58. The van der Waals surface area contributed by atoms with Crippen molar-refractivity contribution in [3.05, 3.63) is 168 Å². The van der Waals surface area contributed by atoms with Gasteiger partial charge in [0.2, 0.25) is 0 Å². The fourth-order valence-corrected chi connectivity index (χ4v) is 11.5. The van der Waals surface area contributed by atoms with Gasteiger partial charge in [0.25, 0.3) is 0 Å². The molecular formula is C50H36N2S. The molecule has 7 aromatic carbocycles. The molecule has 0 unspecified atom stereocenters. The summed E-state index contributed by atoms with van der Waals surface area (Å²) >= 11 is 1.91. The molecule has 12 rings (SSSR count). The SMILES string of the molecule is CC1(C)c2ccccc2-c2c(N(c3ccc4c(c3)c3cccc5c6c7ccccc7sc6n4c35)c3cccc4c3-c3ccccc3C4(C)C)cccc21. The van der Waals surface area contributed by atoms with E-state index in [0.717, 1.165) is 0 Å². The second-order valence-electron chi connectivity index (χ2n) is 16.1. The Balaban J connectivity index is 1.19. The van der Waals surface area contributed by atoms with E-state index in [0.29, 0.717) is 0 Å². The van der Waals surface area contributed by atoms with Crippen LogP contribution in [0.3, 0.4) is 0 Å². The Bertz CT molecular complexity index is 3080. The molecule has 53 heavy (non-hydrogen) atoms. The lowest BCUT2D eigenvalue weighted by Gasteiger charge is -2.31. The molecule has 0 aliphatic heterocycles. The van der Waals surface area contributed by atoms with E-state index in [4.69, 9.17) is 0 Å². The highest BCUT2D eigenvalue weighted by molar-refractivity contribution is 7.25. The maximum absolute atomic E-state index is 2.58. The Morgan fingerprint density at radius 1 is 0.491 bits per heavy atom. The largest absolute Gasteiger partial charge is 0.309 e. The Hall–Kier alpha value is -5.90. The van der Waals surface area contributed by atoms with Crippen molar-refractivity contribution < 1.29 is 0 Å². The minimum Gasteiger partial charge on any atom is -0.309 e. The van der Waals surface area contributed by atoms with E-state index >= 15 is 0 Å². The number of fused-ring (bicyclic) bond motifs is 14. The summed E-state index contributed by atoms with van der Waals surface area (Å²) in [7, 11) is 0. The Kier molecular flexibility index (Phi) is 5.56. The van der Waals surface area contributed by atoms with Gasteiger partial charge in [-0.3, -0.25) is 4.40 Å². The molecule has 0 amide bonds. The first-order valence-corrected chi connectivity index (χ1v) is 19.5. The minimum absolute atomic E-state index is 0.104. The first kappa shape index (κ1) is 29.7. The molecule has 0 fully saturated rings. The van der Waals surface area contributed by atoms with Crippen LogP contribution in [0.25, 0.3) is 69.7 Å². The van der Waals surface area contributed by atoms with Gasteiger partial charge in [0.15, 0.2) is 0 Å². The van der Waals surface area contributed by atoms with Crippen molar-refractivity contribution >= 4 is 75.9 Å². The highest BCUT2D eigenvalue weighted by Crippen LogP contribution is 2.58. The molecule has 2 nitrogen and oxygen atoms in total. The van der Waals surface area contributed by atoms with Gasteiger partial charge in [-0.05, 0) is 69.8 Å². The van der Waals surface area contributed by atoms with Crippen molar-refractivity contribution in [1.29, 1.82) is 0 Å². The molecule has 0 saturated heterocycles. The first-order valence-electron chi connectivity index (χ1n) is 18.7. The number of para-hydroxylation sites is 1. The quantitative estimate of drug-likeness (QED) is 0.178. The zero-order valence-electron chi connectivity index (χ0n) is 30.2. The normalized spacial score (nSPS) is 15.1. The molecule has 2 aliphatic rings. The Morgan fingerprint density at radius 3 is 1.72 bits per heavy atom. The molecule has 252 valence electrons. The zero-order chi connectivity index (χ0) is 35.4. The lowest BCUT2D eigenvalue weighted by Crippen LogP contribution is -2.17. The summed E-state index contributed by atoms with van der Waals surface area (Å²) in [6.07, 6.45) is 0. The number of nitrogens with zero attached hydrogens (tertiary/aromatic N) is 2. The summed E-state index contributed by atoms with van der Waals surface area (Å²) in [5, 5.41) is 6.65. The lowest BCUT2D eigenvalue weighted by molar-refractivity contribution is 0.660. The van der Waals surface area contributed by atoms with Gasteiger partial charge in [0, 0.05) is 59.3 Å². The van der Waals surface area contributed by atoms with Crippen molar-refractivity contribution in [2.24, 2.45) is 0 Å². The third-order valence-corrected chi connectivity index (χ3v) is 13.9. The average molecular weight is 697 g/mol. The van der Waals surface area contributed by atoms with Crippen molar-refractivity contribution in [1.82, 2.24) is 4.40 Å². The standard InChI is InChI=1S/C50H36N2S/c1-49(2)36-19-8-5-14-31(36)45-38(49)21-12-23-41(45)51(42-24-13-22-39-46(42)32-15-6-9-20-37(32)50(39,3)4)29-26-27-40-35(28-29)30-17-11-18-34-44-33-16-7-10-25-43(33)53-48(44)52(40)47(30)34/h5-28H,1-4H3. The highest BCUT2D eigenvalue weighted by atomic mass is 32.1. The summed E-state index contributed by atoms with van der Waals surface area (Å²) < 4.78 is 3.87. The summed E-state index contributed by atoms with van der Waals surface area (Å²) in [6, 6.07) is 55.0. The molecule has 0 spiro atoms. The molecule has 0 saturated carbocycles. The molecule has 0 N–H and O–H groups in total. The van der Waals surface area contributed by atoms with Gasteiger partial charge in [-0.15, -0.1) is 11.3 Å². The van der Waals surface area contributed by atoms with Gasteiger partial charge in [0.05, 0.1) is 22.4 Å². The molecule has 3 heteroatoms. The molecule has 3 aromatic heterocycles. The van der Waals surface area contributed by atoms with Crippen LogP contribution >= 0.6 is 11.3 Å². The topological polar surface area (TPSA) is 7.65 Å². The lowest BCUT2D eigenvalue weighted by atomic mass is 9.82. The van der Waals surface area contributed by atoms with Crippen LogP contribution in [0.5, 0.6) is 0 Å². The van der Waals surface area contributed by atoms with Gasteiger partial charge in [-0.2, -0.15) is 0 Å². The summed E-state index contributed by atoms with van der Waals surface area (Å²) in [5.74, 6) is 0. The van der Waals surface area contributed by atoms with Gasteiger partial charge < -0.3 is 4.90 Å². The third kappa shape index (κ3) is 3.59. The number of rotatable bonds is 3. The molecule has 10 aromatic rings. The van der Waals surface area contributed by atoms with E-state index < -0.39 is 0 Å². The maximum Gasteiger partial charge on any atom is 0.109 e. The number of aromatic nitrogens is 1. The predicted molar refractivity (Wildman–Crippen MR) is 226 cm³/mol. The number of hydrogen-bond acceptors (Lipinski definition) is 2. The number of hydrogen-bond donors (Lipinski definition) is 0. The second-order valence-corrected chi connectivity index (χ2v) is 17.1. The number of thiophene rings is 1. The van der Waals surface area contributed by atoms with Crippen LogP contribution in [-0.2, 0) is 10.8 Å². The molecule has 0 radical (unpaired) electrons. The molecule has 0 atom stereocenters. The minimum atomic E-state index is -0.104. The monoisotopic (exact) mass is 696 g/mol. The summed E-state index contributed by atoms with van der Waals surface area (Å²) in [4.78, 5) is 3.91. The van der Waals surface area contributed by atoms with E-state index in [1.54, 1.807) is 0 Å². The fourth-order valence-electron chi connectivity index (χ4n) is 10.3. The first-order chi connectivity index (χ1) is 25.8. The van der Waals surface area contributed by atoms with Crippen molar-refractivity contribution in [2.45, 2.75) is 38.5 Å². The van der Waals surface area contributed by atoms with Crippen molar-refractivity contribution in [2.75, 3.05) is 4.90 Å². The second kappa shape index (κ2) is 9.95. The summed E-state index contributed by atoms with van der Waals surface area (Å²) in [6.45, 7) is 9.52. The van der Waals surface area contributed by atoms with Crippen LogP contribution in [0, 0.1) is 0 Å². The van der Waals surface area contributed by atoms with E-state index in [-0.39, 0.29) is 10.8 Å². The molecular weight excluding hydrogens is 661 g/mol.